The monoisotopic (exact) mass is 303 g/mol. The smallest absolute Gasteiger partial charge is 0.274 e. The molecule has 0 bridgehead atoms. The number of hydrogen-bond donors (Lipinski definition) is 2. The fourth-order valence-electron chi connectivity index (χ4n) is 2.48. The van der Waals surface area contributed by atoms with Gasteiger partial charge in [-0.3, -0.25) is 0 Å². The lowest BCUT2D eigenvalue weighted by atomic mass is 9.98. The molecule has 0 radical (unpaired) electrons. The van der Waals surface area contributed by atoms with E-state index in [1.165, 1.54) is 4.88 Å². The van der Waals surface area contributed by atoms with Crippen molar-refractivity contribution >= 4 is 21.5 Å². The largest absolute Gasteiger partial charge is 0.303 e. The van der Waals surface area contributed by atoms with Crippen molar-refractivity contribution in [2.75, 3.05) is 26.2 Å². The summed E-state index contributed by atoms with van der Waals surface area (Å²) in [7, 11) is -3.56. The Labute approximate surface area is 119 Å². The standard InChI is InChI=1S/C12H21N3O2S2/c13-19(16,17)14-9-11-3-1-6-15(10-11)7-5-12-4-2-8-18-12/h2,4,8,11,14H,1,3,5-7,9-10H2,(H2,13,16,17)/t11-/m1/s1. The molecule has 108 valence electrons. The highest BCUT2D eigenvalue weighted by Crippen LogP contribution is 2.17. The van der Waals surface area contributed by atoms with Gasteiger partial charge in [0, 0.05) is 24.5 Å². The molecule has 1 saturated heterocycles. The molecule has 2 heterocycles. The van der Waals surface area contributed by atoms with Crippen molar-refractivity contribution < 1.29 is 8.42 Å². The second-order valence-electron chi connectivity index (χ2n) is 5.03. The molecule has 1 aromatic heterocycles. The topological polar surface area (TPSA) is 75.4 Å². The Kier molecular flexibility index (Phi) is 5.35. The first kappa shape index (κ1) is 14.9. The van der Waals surface area contributed by atoms with Crippen LogP contribution < -0.4 is 9.86 Å². The quantitative estimate of drug-likeness (QED) is 0.816. The lowest BCUT2D eigenvalue weighted by Gasteiger charge is -2.32. The van der Waals surface area contributed by atoms with Crippen molar-refractivity contribution in [3.63, 3.8) is 0 Å². The number of nitrogens with two attached hydrogens (primary N) is 1. The first-order chi connectivity index (χ1) is 9.03. The zero-order valence-corrected chi connectivity index (χ0v) is 12.5. The molecule has 0 unspecified atom stereocenters. The van der Waals surface area contributed by atoms with Crippen LogP contribution in [0.3, 0.4) is 0 Å². The van der Waals surface area contributed by atoms with E-state index in [9.17, 15) is 8.42 Å². The van der Waals surface area contributed by atoms with E-state index < -0.39 is 10.2 Å². The van der Waals surface area contributed by atoms with Crippen LogP contribution in [-0.2, 0) is 16.6 Å². The maximum atomic E-state index is 10.9. The molecule has 7 heteroatoms. The number of hydrogen-bond acceptors (Lipinski definition) is 4. The molecule has 19 heavy (non-hydrogen) atoms. The Balaban J connectivity index is 1.74. The Morgan fingerprint density at radius 1 is 1.53 bits per heavy atom. The number of likely N-dealkylation sites (tertiary alicyclic amines) is 1. The van der Waals surface area contributed by atoms with E-state index in [0.29, 0.717) is 12.5 Å². The zero-order chi connectivity index (χ0) is 13.7. The van der Waals surface area contributed by atoms with E-state index in [1.54, 1.807) is 11.3 Å². The van der Waals surface area contributed by atoms with Gasteiger partial charge in [-0.05, 0) is 43.2 Å². The summed E-state index contributed by atoms with van der Waals surface area (Å²) in [4.78, 5) is 3.82. The molecule has 1 fully saturated rings. The van der Waals surface area contributed by atoms with Crippen molar-refractivity contribution in [1.29, 1.82) is 0 Å². The van der Waals surface area contributed by atoms with Gasteiger partial charge in [-0.15, -0.1) is 11.3 Å². The van der Waals surface area contributed by atoms with Crippen LogP contribution in [0.2, 0.25) is 0 Å². The molecule has 3 N–H and O–H groups in total. The Bertz CT molecular complexity index is 473. The van der Waals surface area contributed by atoms with E-state index in [0.717, 1.165) is 38.9 Å². The molecule has 1 aliphatic rings. The predicted octanol–water partition coefficient (Wildman–Crippen LogP) is 0.796. The summed E-state index contributed by atoms with van der Waals surface area (Å²) >= 11 is 1.79. The van der Waals surface area contributed by atoms with Crippen molar-refractivity contribution in [1.82, 2.24) is 9.62 Å². The van der Waals surface area contributed by atoms with Gasteiger partial charge in [0.1, 0.15) is 0 Å². The fraction of sp³-hybridized carbons (Fsp3) is 0.667. The van der Waals surface area contributed by atoms with Gasteiger partial charge in [0.2, 0.25) is 0 Å². The molecule has 0 aliphatic carbocycles. The van der Waals surface area contributed by atoms with Gasteiger partial charge < -0.3 is 4.90 Å². The molecule has 1 aromatic rings. The minimum Gasteiger partial charge on any atom is -0.303 e. The summed E-state index contributed by atoms with van der Waals surface area (Å²) in [5, 5.41) is 7.06. The average Bonchev–Trinajstić information content (AvgIpc) is 2.87. The van der Waals surface area contributed by atoms with Crippen molar-refractivity contribution in [3.8, 4) is 0 Å². The Hall–Kier alpha value is -0.470. The van der Waals surface area contributed by atoms with Gasteiger partial charge >= 0.3 is 0 Å². The van der Waals surface area contributed by atoms with E-state index in [-0.39, 0.29) is 0 Å². The van der Waals surface area contributed by atoms with Gasteiger partial charge in [0.25, 0.3) is 10.2 Å². The highest BCUT2D eigenvalue weighted by Gasteiger charge is 2.20. The highest BCUT2D eigenvalue weighted by atomic mass is 32.2. The molecule has 0 spiro atoms. The first-order valence-corrected chi connectivity index (χ1v) is 8.97. The second kappa shape index (κ2) is 6.81. The zero-order valence-electron chi connectivity index (χ0n) is 10.9. The molecule has 0 aromatic carbocycles. The predicted molar refractivity (Wildman–Crippen MR) is 78.3 cm³/mol. The molecule has 0 amide bonds. The summed E-state index contributed by atoms with van der Waals surface area (Å²) < 4.78 is 24.2. The minimum absolute atomic E-state index is 0.371. The molecular weight excluding hydrogens is 282 g/mol. The summed E-state index contributed by atoms with van der Waals surface area (Å²) in [6, 6.07) is 4.24. The van der Waals surface area contributed by atoms with E-state index in [1.807, 2.05) is 0 Å². The van der Waals surface area contributed by atoms with Crippen LogP contribution in [0.1, 0.15) is 17.7 Å². The van der Waals surface area contributed by atoms with Gasteiger partial charge in [-0.25, -0.2) is 9.86 Å². The van der Waals surface area contributed by atoms with Crippen LogP contribution in [0.25, 0.3) is 0 Å². The number of piperidine rings is 1. The molecule has 5 nitrogen and oxygen atoms in total. The van der Waals surface area contributed by atoms with Gasteiger partial charge in [0.15, 0.2) is 0 Å². The third-order valence-electron chi connectivity index (χ3n) is 3.43. The summed E-state index contributed by atoms with van der Waals surface area (Å²) in [5.74, 6) is 0.371. The van der Waals surface area contributed by atoms with Crippen LogP contribution in [0.15, 0.2) is 17.5 Å². The SMILES string of the molecule is NS(=O)(=O)NC[C@H]1CCCN(CCc2cccs2)C1. The average molecular weight is 303 g/mol. The normalized spacial score (nSPS) is 21.6. The maximum absolute atomic E-state index is 10.9. The van der Waals surface area contributed by atoms with E-state index in [2.05, 4.69) is 27.1 Å². The third kappa shape index (κ3) is 5.58. The van der Waals surface area contributed by atoms with Crippen LogP contribution in [-0.4, -0.2) is 39.5 Å². The van der Waals surface area contributed by atoms with Gasteiger partial charge in [-0.2, -0.15) is 8.42 Å². The molecule has 0 saturated carbocycles. The summed E-state index contributed by atoms with van der Waals surface area (Å²) in [6.07, 6.45) is 3.27. The summed E-state index contributed by atoms with van der Waals surface area (Å²) in [5.41, 5.74) is 0. The minimum atomic E-state index is -3.56. The maximum Gasteiger partial charge on any atom is 0.274 e. The molecule has 1 atom stereocenters. The third-order valence-corrected chi connectivity index (χ3v) is 4.94. The molecule has 1 aliphatic heterocycles. The van der Waals surface area contributed by atoms with Crippen molar-refractivity contribution in [2.24, 2.45) is 11.1 Å². The summed E-state index contributed by atoms with van der Waals surface area (Å²) in [6.45, 7) is 3.56. The van der Waals surface area contributed by atoms with Gasteiger partial charge in [0.05, 0.1) is 0 Å². The number of nitrogens with one attached hydrogen (secondary N) is 1. The van der Waals surface area contributed by atoms with Crippen molar-refractivity contribution in [2.45, 2.75) is 19.3 Å². The van der Waals surface area contributed by atoms with Gasteiger partial charge in [-0.1, -0.05) is 6.07 Å². The van der Waals surface area contributed by atoms with Crippen molar-refractivity contribution in [3.05, 3.63) is 22.4 Å². The first-order valence-electron chi connectivity index (χ1n) is 6.55. The Morgan fingerprint density at radius 3 is 3.05 bits per heavy atom. The molecular formula is C12H21N3O2S2. The Morgan fingerprint density at radius 2 is 2.37 bits per heavy atom. The van der Waals surface area contributed by atoms with E-state index in [4.69, 9.17) is 5.14 Å². The lowest BCUT2D eigenvalue weighted by molar-refractivity contribution is 0.178. The fourth-order valence-corrected chi connectivity index (χ4v) is 3.64. The number of nitrogens with zero attached hydrogens (tertiary/aromatic N) is 1. The number of rotatable bonds is 6. The van der Waals surface area contributed by atoms with Crippen LogP contribution in [0.4, 0.5) is 0 Å². The van der Waals surface area contributed by atoms with Crippen LogP contribution >= 0.6 is 11.3 Å². The van der Waals surface area contributed by atoms with E-state index >= 15 is 0 Å². The lowest BCUT2D eigenvalue weighted by Crippen LogP contribution is -2.42. The van der Waals surface area contributed by atoms with Crippen LogP contribution in [0.5, 0.6) is 0 Å². The van der Waals surface area contributed by atoms with Crippen LogP contribution in [0, 0.1) is 5.92 Å². The second-order valence-corrected chi connectivity index (χ2v) is 7.44. The molecule has 2 rings (SSSR count). The highest BCUT2D eigenvalue weighted by molar-refractivity contribution is 7.87. The number of thiophene rings is 1.